The van der Waals surface area contributed by atoms with Crippen LogP contribution in [0.2, 0.25) is 0 Å². The number of fused-ring (bicyclic) bond motifs is 1. The van der Waals surface area contributed by atoms with Crippen LogP contribution in [0.1, 0.15) is 39.3 Å². The smallest absolute Gasteiger partial charge is 0.193 e. The van der Waals surface area contributed by atoms with Crippen molar-refractivity contribution in [3.8, 4) is 0 Å². The molecule has 0 aromatic carbocycles. The molecule has 0 bridgehead atoms. The van der Waals surface area contributed by atoms with Crippen molar-refractivity contribution < 1.29 is 0 Å². The van der Waals surface area contributed by atoms with Crippen LogP contribution in [0, 0.1) is 0 Å². The van der Waals surface area contributed by atoms with Gasteiger partial charge in [0.05, 0.1) is 5.69 Å². The summed E-state index contributed by atoms with van der Waals surface area (Å²) in [6.45, 7) is 10.0. The largest absolute Gasteiger partial charge is 0.311 e. The van der Waals surface area contributed by atoms with Gasteiger partial charge in [-0.2, -0.15) is 0 Å². The summed E-state index contributed by atoms with van der Waals surface area (Å²) in [5.74, 6) is 0. The highest BCUT2D eigenvalue weighted by molar-refractivity contribution is 7.15. The number of piperazine rings is 1. The van der Waals surface area contributed by atoms with E-state index in [1.807, 2.05) is 0 Å². The molecule has 110 valence electrons. The van der Waals surface area contributed by atoms with Crippen LogP contribution in [-0.2, 0) is 6.54 Å². The van der Waals surface area contributed by atoms with E-state index in [0.29, 0.717) is 6.04 Å². The fraction of sp³-hybridized carbons (Fsp3) is 0.667. The molecule has 20 heavy (non-hydrogen) atoms. The second kappa shape index (κ2) is 5.47. The van der Waals surface area contributed by atoms with Gasteiger partial charge in [-0.1, -0.05) is 13.3 Å². The Hall–Kier alpha value is -0.910. The maximum atomic E-state index is 4.72. The molecule has 2 aromatic rings. The molecule has 0 aliphatic carbocycles. The van der Waals surface area contributed by atoms with E-state index in [2.05, 4.69) is 53.2 Å². The highest BCUT2D eigenvalue weighted by Crippen LogP contribution is 2.23. The third-order valence-corrected chi connectivity index (χ3v) is 5.02. The molecule has 0 spiro atoms. The van der Waals surface area contributed by atoms with Crippen molar-refractivity contribution in [2.75, 3.05) is 13.1 Å². The van der Waals surface area contributed by atoms with E-state index < -0.39 is 0 Å². The molecular weight excluding hydrogens is 268 g/mol. The Morgan fingerprint density at radius 1 is 1.50 bits per heavy atom. The van der Waals surface area contributed by atoms with Gasteiger partial charge in [0.2, 0.25) is 0 Å². The van der Waals surface area contributed by atoms with Crippen molar-refractivity contribution in [2.24, 2.45) is 0 Å². The summed E-state index contributed by atoms with van der Waals surface area (Å²) in [6.07, 6.45) is 6.75. The summed E-state index contributed by atoms with van der Waals surface area (Å²) in [7, 11) is 0. The fourth-order valence-electron chi connectivity index (χ4n) is 2.95. The zero-order valence-electron chi connectivity index (χ0n) is 12.6. The Balaban J connectivity index is 1.74. The second-order valence-electron chi connectivity index (χ2n) is 6.38. The maximum absolute atomic E-state index is 4.72. The molecule has 1 unspecified atom stereocenters. The normalized spacial score (nSPS) is 23.4. The van der Waals surface area contributed by atoms with Crippen molar-refractivity contribution in [3.63, 3.8) is 0 Å². The van der Waals surface area contributed by atoms with Gasteiger partial charge in [-0.05, 0) is 20.3 Å². The first kappa shape index (κ1) is 14.0. The van der Waals surface area contributed by atoms with Crippen LogP contribution in [0.3, 0.4) is 0 Å². The minimum absolute atomic E-state index is 0.196. The van der Waals surface area contributed by atoms with Crippen molar-refractivity contribution in [2.45, 2.75) is 51.7 Å². The van der Waals surface area contributed by atoms with Crippen molar-refractivity contribution >= 4 is 16.3 Å². The molecule has 3 heterocycles. The van der Waals surface area contributed by atoms with Gasteiger partial charge in [0, 0.05) is 49.0 Å². The zero-order chi connectivity index (χ0) is 14.2. The van der Waals surface area contributed by atoms with Gasteiger partial charge >= 0.3 is 0 Å². The van der Waals surface area contributed by atoms with Crippen molar-refractivity contribution in [1.29, 1.82) is 0 Å². The van der Waals surface area contributed by atoms with Gasteiger partial charge in [0.1, 0.15) is 0 Å². The Morgan fingerprint density at radius 3 is 3.10 bits per heavy atom. The van der Waals surface area contributed by atoms with E-state index in [9.17, 15) is 0 Å². The predicted molar refractivity (Wildman–Crippen MR) is 84.3 cm³/mol. The van der Waals surface area contributed by atoms with Crippen LogP contribution < -0.4 is 5.32 Å². The minimum atomic E-state index is 0.196. The first-order valence-corrected chi connectivity index (χ1v) is 8.36. The van der Waals surface area contributed by atoms with Crippen LogP contribution in [0.15, 0.2) is 17.8 Å². The third-order valence-electron chi connectivity index (χ3n) is 4.25. The summed E-state index contributed by atoms with van der Waals surface area (Å²) in [5.41, 5.74) is 1.38. The Kier molecular flexibility index (Phi) is 3.84. The molecule has 1 atom stereocenters. The van der Waals surface area contributed by atoms with Crippen LogP contribution in [0.5, 0.6) is 0 Å². The molecule has 0 radical (unpaired) electrons. The average molecular weight is 292 g/mol. The lowest BCUT2D eigenvalue weighted by Crippen LogP contribution is -2.61. The molecule has 1 aliphatic rings. The number of aromatic nitrogens is 2. The van der Waals surface area contributed by atoms with Gasteiger partial charge in [0.15, 0.2) is 4.96 Å². The Morgan fingerprint density at radius 2 is 2.35 bits per heavy atom. The number of imidazole rings is 1. The molecule has 1 aliphatic heterocycles. The molecule has 0 saturated carbocycles. The van der Waals surface area contributed by atoms with Gasteiger partial charge in [0.25, 0.3) is 0 Å². The van der Waals surface area contributed by atoms with E-state index >= 15 is 0 Å². The maximum Gasteiger partial charge on any atom is 0.193 e. The lowest BCUT2D eigenvalue weighted by atomic mass is 9.95. The summed E-state index contributed by atoms with van der Waals surface area (Å²) in [6, 6.07) is 0.622. The summed E-state index contributed by atoms with van der Waals surface area (Å²) < 4.78 is 2.12. The van der Waals surface area contributed by atoms with E-state index in [-0.39, 0.29) is 5.54 Å². The van der Waals surface area contributed by atoms with Crippen LogP contribution in [0.4, 0.5) is 0 Å². The molecule has 1 fully saturated rings. The molecular formula is C15H24N4S. The molecule has 1 N–H and O–H groups in total. The zero-order valence-corrected chi connectivity index (χ0v) is 13.4. The quantitative estimate of drug-likeness (QED) is 0.940. The average Bonchev–Trinajstić information content (AvgIpc) is 2.94. The molecule has 1 saturated heterocycles. The van der Waals surface area contributed by atoms with Gasteiger partial charge in [-0.15, -0.1) is 11.3 Å². The van der Waals surface area contributed by atoms with Gasteiger partial charge in [-0.25, -0.2) is 4.98 Å². The minimum Gasteiger partial charge on any atom is -0.311 e. The molecule has 3 rings (SSSR count). The number of thiazole rings is 1. The first-order valence-electron chi connectivity index (χ1n) is 7.48. The molecule has 5 heteroatoms. The standard InChI is InChI=1S/C15H24N4S/c1-4-5-12-9-19(15(2,3)11-16-12)10-13-8-18-6-7-20-14(18)17-13/h6-8,12,16H,4-5,9-11H2,1-3H3. The highest BCUT2D eigenvalue weighted by Gasteiger charge is 2.33. The SMILES string of the molecule is CCCC1CN(Cc2cn3ccsc3n2)C(C)(C)CN1. The topological polar surface area (TPSA) is 32.6 Å². The third kappa shape index (κ3) is 2.75. The second-order valence-corrected chi connectivity index (χ2v) is 7.26. The Bertz CT molecular complexity index is 543. The van der Waals surface area contributed by atoms with Crippen LogP contribution in [0.25, 0.3) is 4.96 Å². The summed E-state index contributed by atoms with van der Waals surface area (Å²) in [4.78, 5) is 8.40. The highest BCUT2D eigenvalue weighted by atomic mass is 32.1. The van der Waals surface area contributed by atoms with E-state index in [1.54, 1.807) is 11.3 Å². The Labute approximate surface area is 124 Å². The van der Waals surface area contributed by atoms with E-state index in [0.717, 1.165) is 24.6 Å². The molecule has 4 nitrogen and oxygen atoms in total. The lowest BCUT2D eigenvalue weighted by molar-refractivity contribution is 0.0554. The number of rotatable bonds is 4. The first-order chi connectivity index (χ1) is 9.58. The fourth-order valence-corrected chi connectivity index (χ4v) is 3.67. The number of hydrogen-bond acceptors (Lipinski definition) is 4. The predicted octanol–water partition coefficient (Wildman–Crippen LogP) is 2.75. The van der Waals surface area contributed by atoms with Crippen LogP contribution in [-0.4, -0.2) is 39.0 Å². The number of nitrogens with one attached hydrogen (secondary N) is 1. The van der Waals surface area contributed by atoms with Gasteiger partial charge < -0.3 is 5.32 Å². The summed E-state index contributed by atoms with van der Waals surface area (Å²) >= 11 is 1.70. The van der Waals surface area contributed by atoms with Gasteiger partial charge in [-0.3, -0.25) is 9.30 Å². The lowest BCUT2D eigenvalue weighted by Gasteiger charge is -2.46. The van der Waals surface area contributed by atoms with Crippen molar-refractivity contribution in [3.05, 3.63) is 23.5 Å². The summed E-state index contributed by atoms with van der Waals surface area (Å²) in [5, 5.41) is 5.76. The number of nitrogens with zero attached hydrogens (tertiary/aromatic N) is 3. The van der Waals surface area contributed by atoms with E-state index in [4.69, 9.17) is 4.98 Å². The number of hydrogen-bond donors (Lipinski definition) is 1. The molecule has 2 aromatic heterocycles. The van der Waals surface area contributed by atoms with Crippen molar-refractivity contribution in [1.82, 2.24) is 19.6 Å². The van der Waals surface area contributed by atoms with Crippen LogP contribution >= 0.6 is 11.3 Å². The monoisotopic (exact) mass is 292 g/mol. The molecule has 0 amide bonds. The van der Waals surface area contributed by atoms with E-state index in [1.165, 1.54) is 18.5 Å².